The molecular weight excluding hydrogens is 204 g/mol. The van der Waals surface area contributed by atoms with E-state index in [9.17, 15) is 8.42 Å². The fourth-order valence-corrected chi connectivity index (χ4v) is 3.16. The van der Waals surface area contributed by atoms with Gasteiger partial charge in [0.15, 0.2) is 0 Å². The molecule has 1 aliphatic rings. The molecule has 0 saturated carbocycles. The topological polar surface area (TPSA) is 58.6 Å². The third kappa shape index (κ3) is 2.91. The van der Waals surface area contributed by atoms with E-state index >= 15 is 0 Å². The second-order valence-electron chi connectivity index (χ2n) is 3.47. The van der Waals surface area contributed by atoms with Gasteiger partial charge in [-0.1, -0.05) is 0 Å². The number of nitrogens with zero attached hydrogens (tertiary/aromatic N) is 1. The predicted octanol–water partition coefficient (Wildman–Crippen LogP) is -0.744. The molecule has 5 nitrogen and oxygen atoms in total. The van der Waals surface area contributed by atoms with Gasteiger partial charge >= 0.3 is 0 Å². The molecule has 1 aliphatic heterocycles. The summed E-state index contributed by atoms with van der Waals surface area (Å²) in [6.45, 7) is 4.05. The molecule has 0 spiro atoms. The summed E-state index contributed by atoms with van der Waals surface area (Å²) in [7, 11) is -1.51. The highest BCUT2D eigenvalue weighted by molar-refractivity contribution is 7.89. The van der Waals surface area contributed by atoms with Crippen molar-refractivity contribution in [2.24, 2.45) is 0 Å². The van der Waals surface area contributed by atoms with Crippen LogP contribution in [0.5, 0.6) is 0 Å². The molecule has 84 valence electrons. The fourth-order valence-electron chi connectivity index (χ4n) is 1.55. The van der Waals surface area contributed by atoms with E-state index in [-0.39, 0.29) is 11.8 Å². The molecule has 14 heavy (non-hydrogen) atoms. The molecule has 1 fully saturated rings. The summed E-state index contributed by atoms with van der Waals surface area (Å²) in [6, 6.07) is 0.0117. The minimum Gasteiger partial charge on any atom is -0.383 e. The van der Waals surface area contributed by atoms with E-state index < -0.39 is 10.0 Å². The standard InChI is InChI=1S/C8H18N2O3S/c1-8-7-9-3-6-14(11,12)10(8)4-5-13-2/h8-9H,3-7H2,1-2H3. The number of ether oxygens (including phenoxy) is 1. The molecule has 1 unspecified atom stereocenters. The van der Waals surface area contributed by atoms with Crippen LogP contribution < -0.4 is 5.32 Å². The molecule has 0 amide bonds. The molecule has 0 bridgehead atoms. The molecule has 0 aromatic heterocycles. The first-order valence-corrected chi connectivity index (χ1v) is 6.38. The summed E-state index contributed by atoms with van der Waals surface area (Å²) in [4.78, 5) is 0. The zero-order valence-corrected chi connectivity index (χ0v) is 9.51. The van der Waals surface area contributed by atoms with Crippen molar-refractivity contribution < 1.29 is 13.2 Å². The van der Waals surface area contributed by atoms with Gasteiger partial charge in [-0.3, -0.25) is 0 Å². The van der Waals surface area contributed by atoms with E-state index in [0.29, 0.717) is 26.2 Å². The Morgan fingerprint density at radius 2 is 2.29 bits per heavy atom. The van der Waals surface area contributed by atoms with Crippen molar-refractivity contribution in [2.45, 2.75) is 13.0 Å². The van der Waals surface area contributed by atoms with Gasteiger partial charge in [0.2, 0.25) is 10.0 Å². The summed E-state index contributed by atoms with van der Waals surface area (Å²) >= 11 is 0. The van der Waals surface area contributed by atoms with Crippen molar-refractivity contribution in [3.8, 4) is 0 Å². The number of methoxy groups -OCH3 is 1. The monoisotopic (exact) mass is 222 g/mol. The maximum atomic E-state index is 11.7. The number of hydrogen-bond acceptors (Lipinski definition) is 4. The summed E-state index contributed by atoms with van der Waals surface area (Å²) < 4.78 is 29.9. The third-order valence-corrected chi connectivity index (χ3v) is 4.32. The van der Waals surface area contributed by atoms with Crippen LogP contribution in [0.3, 0.4) is 0 Å². The highest BCUT2D eigenvalue weighted by Gasteiger charge is 2.28. The minimum absolute atomic E-state index is 0.0117. The Morgan fingerprint density at radius 3 is 2.93 bits per heavy atom. The number of sulfonamides is 1. The Kier molecular flexibility index (Phi) is 4.31. The maximum Gasteiger partial charge on any atom is 0.215 e. The largest absolute Gasteiger partial charge is 0.383 e. The number of hydrogen-bond donors (Lipinski definition) is 1. The zero-order valence-electron chi connectivity index (χ0n) is 8.69. The lowest BCUT2D eigenvalue weighted by Gasteiger charge is -2.25. The van der Waals surface area contributed by atoms with Crippen LogP contribution >= 0.6 is 0 Å². The van der Waals surface area contributed by atoms with Crippen LogP contribution in [0.4, 0.5) is 0 Å². The zero-order chi connectivity index (χ0) is 10.6. The van der Waals surface area contributed by atoms with Gasteiger partial charge in [0.25, 0.3) is 0 Å². The fraction of sp³-hybridized carbons (Fsp3) is 1.00. The van der Waals surface area contributed by atoms with Crippen molar-refractivity contribution in [3.05, 3.63) is 0 Å². The first kappa shape index (κ1) is 11.9. The Labute approximate surface area is 85.5 Å². The second-order valence-corrected chi connectivity index (χ2v) is 5.51. The molecule has 1 atom stereocenters. The second kappa shape index (κ2) is 5.06. The molecule has 1 saturated heterocycles. The lowest BCUT2D eigenvalue weighted by molar-refractivity contribution is 0.169. The van der Waals surface area contributed by atoms with Crippen LogP contribution in [0.1, 0.15) is 6.92 Å². The van der Waals surface area contributed by atoms with Crippen LogP contribution in [0, 0.1) is 0 Å². The van der Waals surface area contributed by atoms with Crippen LogP contribution in [-0.2, 0) is 14.8 Å². The van der Waals surface area contributed by atoms with Crippen LogP contribution in [0.25, 0.3) is 0 Å². The molecule has 1 N–H and O–H groups in total. The maximum absolute atomic E-state index is 11.7. The first-order chi connectivity index (χ1) is 6.58. The lowest BCUT2D eigenvalue weighted by Crippen LogP contribution is -2.42. The van der Waals surface area contributed by atoms with Gasteiger partial charge in [-0.15, -0.1) is 0 Å². The summed E-state index contributed by atoms with van der Waals surface area (Å²) in [5.74, 6) is 0.182. The molecule has 6 heteroatoms. The van der Waals surface area contributed by atoms with Crippen LogP contribution in [0.2, 0.25) is 0 Å². The van der Waals surface area contributed by atoms with Crippen molar-refractivity contribution in [2.75, 3.05) is 39.1 Å². The van der Waals surface area contributed by atoms with E-state index in [1.807, 2.05) is 6.92 Å². The quantitative estimate of drug-likeness (QED) is 0.683. The third-order valence-electron chi connectivity index (χ3n) is 2.34. The highest BCUT2D eigenvalue weighted by atomic mass is 32.2. The molecule has 1 heterocycles. The highest BCUT2D eigenvalue weighted by Crippen LogP contribution is 2.09. The molecule has 0 radical (unpaired) electrons. The van der Waals surface area contributed by atoms with Gasteiger partial charge in [0.05, 0.1) is 12.4 Å². The van der Waals surface area contributed by atoms with Gasteiger partial charge in [-0.25, -0.2) is 8.42 Å². The Morgan fingerprint density at radius 1 is 1.57 bits per heavy atom. The summed E-state index contributed by atoms with van der Waals surface area (Å²) in [5, 5.41) is 3.10. The summed E-state index contributed by atoms with van der Waals surface area (Å²) in [6.07, 6.45) is 0. The summed E-state index contributed by atoms with van der Waals surface area (Å²) in [5.41, 5.74) is 0. The van der Waals surface area contributed by atoms with E-state index in [1.165, 1.54) is 4.31 Å². The minimum atomic E-state index is -3.09. The molecular formula is C8H18N2O3S. The van der Waals surface area contributed by atoms with E-state index in [2.05, 4.69) is 5.32 Å². The van der Waals surface area contributed by atoms with Gasteiger partial charge in [0.1, 0.15) is 0 Å². The van der Waals surface area contributed by atoms with Crippen molar-refractivity contribution >= 4 is 10.0 Å². The van der Waals surface area contributed by atoms with Gasteiger partial charge in [-0.2, -0.15) is 4.31 Å². The lowest BCUT2D eigenvalue weighted by atomic mass is 10.3. The van der Waals surface area contributed by atoms with Crippen molar-refractivity contribution in [1.29, 1.82) is 0 Å². The SMILES string of the molecule is COCCN1C(C)CNCCS1(=O)=O. The Balaban J connectivity index is 2.71. The van der Waals surface area contributed by atoms with Crippen molar-refractivity contribution in [1.82, 2.24) is 9.62 Å². The molecule has 0 aromatic rings. The van der Waals surface area contributed by atoms with Gasteiger partial charge in [-0.05, 0) is 6.92 Å². The number of rotatable bonds is 3. The van der Waals surface area contributed by atoms with E-state index in [1.54, 1.807) is 7.11 Å². The van der Waals surface area contributed by atoms with Gasteiger partial charge < -0.3 is 10.1 Å². The van der Waals surface area contributed by atoms with Crippen LogP contribution in [0.15, 0.2) is 0 Å². The normalized spacial score (nSPS) is 28.6. The Hall–Kier alpha value is -0.170. The van der Waals surface area contributed by atoms with Crippen molar-refractivity contribution in [3.63, 3.8) is 0 Å². The van der Waals surface area contributed by atoms with E-state index in [4.69, 9.17) is 4.74 Å². The molecule has 1 rings (SSSR count). The molecule has 0 aromatic carbocycles. The van der Waals surface area contributed by atoms with E-state index in [0.717, 1.165) is 0 Å². The van der Waals surface area contributed by atoms with Gasteiger partial charge in [0, 0.05) is 32.8 Å². The first-order valence-electron chi connectivity index (χ1n) is 4.77. The predicted molar refractivity (Wildman–Crippen MR) is 54.7 cm³/mol. The Bertz CT molecular complexity index is 266. The average Bonchev–Trinajstić information content (AvgIpc) is 2.23. The molecule has 0 aliphatic carbocycles. The van der Waals surface area contributed by atoms with Crippen LogP contribution in [-0.4, -0.2) is 57.9 Å². The average molecular weight is 222 g/mol. The number of nitrogens with one attached hydrogen (secondary N) is 1. The smallest absolute Gasteiger partial charge is 0.215 e.